The van der Waals surface area contributed by atoms with Crippen molar-refractivity contribution in [2.45, 2.75) is 31.9 Å². The van der Waals surface area contributed by atoms with Gasteiger partial charge in [-0.05, 0) is 18.8 Å². The fourth-order valence-corrected chi connectivity index (χ4v) is 2.13. The summed E-state index contributed by atoms with van der Waals surface area (Å²) in [4.78, 5) is 10.6. The first kappa shape index (κ1) is 12.1. The second kappa shape index (κ2) is 5.29. The molecule has 2 unspecified atom stereocenters. The minimum Gasteiger partial charge on any atom is -0.476 e. The van der Waals surface area contributed by atoms with E-state index in [2.05, 4.69) is 10.5 Å². The molecule has 6 nitrogen and oxygen atoms in total. The summed E-state index contributed by atoms with van der Waals surface area (Å²) in [6, 6.07) is 1.40. The number of rotatable bonds is 5. The summed E-state index contributed by atoms with van der Waals surface area (Å²) in [7, 11) is 0. The minimum absolute atomic E-state index is 0.0808. The van der Waals surface area contributed by atoms with Crippen molar-refractivity contribution in [3.63, 3.8) is 0 Å². The van der Waals surface area contributed by atoms with Gasteiger partial charge in [-0.25, -0.2) is 4.79 Å². The van der Waals surface area contributed by atoms with Crippen LogP contribution < -0.4 is 5.32 Å². The summed E-state index contributed by atoms with van der Waals surface area (Å²) in [6.45, 7) is 1.15. The zero-order valence-corrected chi connectivity index (χ0v) is 9.43. The van der Waals surface area contributed by atoms with Gasteiger partial charge >= 0.3 is 5.97 Å². The molecular formula is C11H16N2O4. The Morgan fingerprint density at radius 2 is 2.41 bits per heavy atom. The van der Waals surface area contributed by atoms with Crippen LogP contribution in [0.3, 0.4) is 0 Å². The summed E-state index contributed by atoms with van der Waals surface area (Å²) in [5.41, 5.74) is -0.0808. The van der Waals surface area contributed by atoms with Gasteiger partial charge in [0.25, 0.3) is 0 Å². The van der Waals surface area contributed by atoms with Crippen LogP contribution in [0.1, 0.15) is 35.5 Å². The van der Waals surface area contributed by atoms with Gasteiger partial charge in [0, 0.05) is 12.6 Å². The largest absolute Gasteiger partial charge is 0.476 e. The van der Waals surface area contributed by atoms with Crippen molar-refractivity contribution in [1.29, 1.82) is 0 Å². The van der Waals surface area contributed by atoms with Crippen LogP contribution in [0.15, 0.2) is 10.6 Å². The lowest BCUT2D eigenvalue weighted by molar-refractivity contribution is 0.0685. The van der Waals surface area contributed by atoms with E-state index in [1.54, 1.807) is 0 Å². The molecule has 0 saturated heterocycles. The number of aliphatic hydroxyl groups excluding tert-OH is 1. The van der Waals surface area contributed by atoms with Crippen LogP contribution in [-0.2, 0) is 6.54 Å². The van der Waals surface area contributed by atoms with Crippen molar-refractivity contribution in [2.75, 3.05) is 6.54 Å². The Hall–Kier alpha value is -1.40. The van der Waals surface area contributed by atoms with E-state index in [0.29, 0.717) is 18.8 Å². The van der Waals surface area contributed by atoms with Crippen molar-refractivity contribution >= 4 is 5.97 Å². The SMILES string of the molecule is O=C(O)c1cc(CNCC2CCCC2O)on1. The molecule has 3 N–H and O–H groups in total. The normalized spacial score (nSPS) is 24.1. The molecule has 0 amide bonds. The number of carboxylic acids is 1. The molecule has 1 aromatic rings. The predicted molar refractivity (Wildman–Crippen MR) is 58.5 cm³/mol. The Morgan fingerprint density at radius 1 is 1.59 bits per heavy atom. The Balaban J connectivity index is 1.76. The summed E-state index contributed by atoms with van der Waals surface area (Å²) in [6.07, 6.45) is 2.76. The molecule has 17 heavy (non-hydrogen) atoms. The first-order chi connectivity index (χ1) is 8.16. The number of hydrogen-bond donors (Lipinski definition) is 3. The third kappa shape index (κ3) is 3.04. The summed E-state index contributed by atoms with van der Waals surface area (Å²) < 4.78 is 4.86. The van der Waals surface area contributed by atoms with E-state index >= 15 is 0 Å². The number of nitrogens with zero attached hydrogens (tertiary/aromatic N) is 1. The molecule has 0 aliphatic heterocycles. The molecule has 1 heterocycles. The monoisotopic (exact) mass is 240 g/mol. The number of aliphatic hydroxyl groups is 1. The van der Waals surface area contributed by atoms with Gasteiger partial charge in [-0.2, -0.15) is 0 Å². The van der Waals surface area contributed by atoms with Crippen LogP contribution in [0, 0.1) is 5.92 Å². The van der Waals surface area contributed by atoms with E-state index in [0.717, 1.165) is 19.3 Å². The van der Waals surface area contributed by atoms with E-state index in [4.69, 9.17) is 9.63 Å². The number of hydrogen-bond acceptors (Lipinski definition) is 5. The van der Waals surface area contributed by atoms with Gasteiger partial charge in [0.1, 0.15) is 0 Å². The maximum atomic E-state index is 10.6. The fraction of sp³-hybridized carbons (Fsp3) is 0.636. The van der Waals surface area contributed by atoms with E-state index in [9.17, 15) is 9.90 Å². The van der Waals surface area contributed by atoms with Crippen LogP contribution in [-0.4, -0.2) is 34.0 Å². The maximum Gasteiger partial charge on any atom is 0.358 e. The Kier molecular flexibility index (Phi) is 3.75. The highest BCUT2D eigenvalue weighted by Gasteiger charge is 2.24. The quantitative estimate of drug-likeness (QED) is 0.698. The summed E-state index contributed by atoms with van der Waals surface area (Å²) in [5, 5.41) is 24.8. The zero-order valence-electron chi connectivity index (χ0n) is 9.43. The molecule has 1 aliphatic rings. The van der Waals surface area contributed by atoms with Crippen LogP contribution in [0.4, 0.5) is 0 Å². The number of nitrogens with one attached hydrogen (secondary N) is 1. The molecule has 0 spiro atoms. The first-order valence-electron chi connectivity index (χ1n) is 5.74. The average molecular weight is 240 g/mol. The van der Waals surface area contributed by atoms with Gasteiger partial charge < -0.3 is 20.1 Å². The second-order valence-electron chi connectivity index (χ2n) is 4.37. The van der Waals surface area contributed by atoms with Crippen LogP contribution in [0.5, 0.6) is 0 Å². The van der Waals surface area contributed by atoms with Crippen LogP contribution in [0.2, 0.25) is 0 Å². The standard InChI is InChI=1S/C11H16N2O4/c14-10-3-1-2-7(10)5-12-6-8-4-9(11(15)16)13-17-8/h4,7,10,12,14H,1-3,5-6H2,(H,15,16). The van der Waals surface area contributed by atoms with E-state index < -0.39 is 5.97 Å². The van der Waals surface area contributed by atoms with Gasteiger partial charge in [-0.1, -0.05) is 11.6 Å². The molecule has 2 atom stereocenters. The highest BCUT2D eigenvalue weighted by Crippen LogP contribution is 2.24. The number of carbonyl (C=O) groups is 1. The van der Waals surface area contributed by atoms with Crippen molar-refractivity contribution in [3.05, 3.63) is 17.5 Å². The van der Waals surface area contributed by atoms with E-state index in [1.807, 2.05) is 0 Å². The number of aromatic nitrogens is 1. The number of carboxylic acid groups (broad SMARTS) is 1. The first-order valence-corrected chi connectivity index (χ1v) is 5.74. The third-order valence-corrected chi connectivity index (χ3v) is 3.10. The molecule has 1 aromatic heterocycles. The van der Waals surface area contributed by atoms with Gasteiger partial charge in [-0.15, -0.1) is 0 Å². The second-order valence-corrected chi connectivity index (χ2v) is 4.37. The van der Waals surface area contributed by atoms with Gasteiger partial charge in [-0.3, -0.25) is 0 Å². The Bertz CT molecular complexity index is 391. The van der Waals surface area contributed by atoms with Gasteiger partial charge in [0.2, 0.25) is 0 Å². The molecule has 0 aromatic carbocycles. The van der Waals surface area contributed by atoms with Crippen LogP contribution in [0.25, 0.3) is 0 Å². The molecule has 1 aliphatic carbocycles. The Morgan fingerprint density at radius 3 is 3.00 bits per heavy atom. The smallest absolute Gasteiger partial charge is 0.358 e. The van der Waals surface area contributed by atoms with E-state index in [-0.39, 0.29) is 17.7 Å². The lowest BCUT2D eigenvalue weighted by Gasteiger charge is -2.14. The van der Waals surface area contributed by atoms with Crippen LogP contribution >= 0.6 is 0 Å². The lowest BCUT2D eigenvalue weighted by atomic mass is 10.1. The zero-order chi connectivity index (χ0) is 12.3. The third-order valence-electron chi connectivity index (χ3n) is 3.10. The molecule has 1 fully saturated rings. The van der Waals surface area contributed by atoms with Crippen molar-refractivity contribution in [1.82, 2.24) is 10.5 Å². The van der Waals surface area contributed by atoms with Crippen molar-refractivity contribution < 1.29 is 19.5 Å². The molecule has 6 heteroatoms. The molecular weight excluding hydrogens is 224 g/mol. The fourth-order valence-electron chi connectivity index (χ4n) is 2.13. The van der Waals surface area contributed by atoms with Gasteiger partial charge in [0.05, 0.1) is 12.6 Å². The Labute approximate surface area is 98.6 Å². The lowest BCUT2D eigenvalue weighted by Crippen LogP contribution is -2.27. The molecule has 1 saturated carbocycles. The minimum atomic E-state index is -1.09. The maximum absolute atomic E-state index is 10.6. The van der Waals surface area contributed by atoms with Crippen molar-refractivity contribution in [3.8, 4) is 0 Å². The topological polar surface area (TPSA) is 95.6 Å². The molecule has 0 radical (unpaired) electrons. The highest BCUT2D eigenvalue weighted by atomic mass is 16.5. The highest BCUT2D eigenvalue weighted by molar-refractivity contribution is 5.85. The summed E-state index contributed by atoms with van der Waals surface area (Å²) >= 11 is 0. The number of aromatic carboxylic acids is 1. The van der Waals surface area contributed by atoms with E-state index in [1.165, 1.54) is 6.07 Å². The molecule has 94 valence electrons. The van der Waals surface area contributed by atoms with Crippen molar-refractivity contribution in [2.24, 2.45) is 5.92 Å². The predicted octanol–water partition coefficient (Wildman–Crippen LogP) is 0.623. The van der Waals surface area contributed by atoms with Gasteiger partial charge in [0.15, 0.2) is 11.5 Å². The summed E-state index contributed by atoms with van der Waals surface area (Å²) in [5.74, 6) is -0.307. The average Bonchev–Trinajstić information content (AvgIpc) is 2.89. The molecule has 0 bridgehead atoms. The molecule has 2 rings (SSSR count).